The first-order chi connectivity index (χ1) is 9.29. The molecule has 2 aliphatic rings. The Labute approximate surface area is 114 Å². The van der Waals surface area contributed by atoms with Crippen LogP contribution in [0.3, 0.4) is 0 Å². The molecule has 2 fully saturated rings. The number of rotatable bonds is 3. The van der Waals surface area contributed by atoms with Crippen LogP contribution in [-0.2, 0) is 11.2 Å². The van der Waals surface area contributed by atoms with Crippen molar-refractivity contribution >= 4 is 5.91 Å². The van der Waals surface area contributed by atoms with Gasteiger partial charge in [-0.25, -0.2) is 0 Å². The van der Waals surface area contributed by atoms with Crippen molar-refractivity contribution in [2.24, 2.45) is 11.8 Å². The van der Waals surface area contributed by atoms with Crippen LogP contribution in [0.15, 0.2) is 24.4 Å². The summed E-state index contributed by atoms with van der Waals surface area (Å²) in [5.74, 6) is 1.54. The second kappa shape index (κ2) is 5.29. The summed E-state index contributed by atoms with van der Waals surface area (Å²) in [6, 6.07) is 6.16. The minimum Gasteiger partial charge on any atom is -0.339 e. The molecular weight excluding hydrogens is 238 g/mol. The summed E-state index contributed by atoms with van der Waals surface area (Å²) < 4.78 is 0. The Hall–Kier alpha value is -1.42. The van der Waals surface area contributed by atoms with E-state index < -0.39 is 0 Å². The number of hydrogen-bond donors (Lipinski definition) is 1. The lowest BCUT2D eigenvalue weighted by Crippen LogP contribution is -2.40. The van der Waals surface area contributed by atoms with Crippen LogP contribution in [0.2, 0.25) is 0 Å². The van der Waals surface area contributed by atoms with E-state index in [-0.39, 0.29) is 5.91 Å². The first kappa shape index (κ1) is 12.6. The molecule has 0 radical (unpaired) electrons. The number of fused-ring (bicyclic) bond motifs is 1. The highest BCUT2D eigenvalue weighted by Gasteiger charge is 2.44. The maximum Gasteiger partial charge on any atom is 0.228 e. The number of nitrogens with one attached hydrogen (secondary N) is 1. The predicted molar refractivity (Wildman–Crippen MR) is 73.6 cm³/mol. The molecule has 1 aromatic rings. The molecule has 3 rings (SSSR count). The van der Waals surface area contributed by atoms with Gasteiger partial charge >= 0.3 is 0 Å². The van der Waals surface area contributed by atoms with E-state index in [9.17, 15) is 4.79 Å². The fourth-order valence-electron chi connectivity index (χ4n) is 3.59. The standard InChI is InChI=1S/C15H21N3O/c1-2-14-13-9-16-8-11(13)10-18(14)15(19)7-12-5-3-4-6-17-12/h3-6,11,13-14,16H,2,7-10H2,1H3. The molecule has 1 aromatic heterocycles. The summed E-state index contributed by atoms with van der Waals surface area (Å²) in [5, 5.41) is 3.45. The van der Waals surface area contributed by atoms with Crippen LogP contribution in [0.4, 0.5) is 0 Å². The van der Waals surface area contributed by atoms with Crippen molar-refractivity contribution in [2.75, 3.05) is 19.6 Å². The summed E-state index contributed by atoms with van der Waals surface area (Å²) in [5.41, 5.74) is 0.873. The molecule has 0 aromatic carbocycles. The smallest absolute Gasteiger partial charge is 0.228 e. The Kier molecular flexibility index (Phi) is 3.51. The van der Waals surface area contributed by atoms with Gasteiger partial charge < -0.3 is 10.2 Å². The summed E-state index contributed by atoms with van der Waals surface area (Å²) in [4.78, 5) is 18.8. The maximum atomic E-state index is 12.5. The van der Waals surface area contributed by atoms with Crippen molar-refractivity contribution in [3.63, 3.8) is 0 Å². The Bertz CT molecular complexity index is 448. The highest BCUT2D eigenvalue weighted by Crippen LogP contribution is 2.34. The molecule has 3 unspecified atom stereocenters. The van der Waals surface area contributed by atoms with Gasteiger partial charge in [-0.15, -0.1) is 0 Å². The van der Waals surface area contributed by atoms with Crippen LogP contribution >= 0.6 is 0 Å². The third-order valence-electron chi connectivity index (χ3n) is 4.51. The van der Waals surface area contributed by atoms with E-state index in [1.54, 1.807) is 6.20 Å². The average Bonchev–Trinajstić information content (AvgIpc) is 2.99. The Morgan fingerprint density at radius 1 is 1.47 bits per heavy atom. The van der Waals surface area contributed by atoms with E-state index in [0.29, 0.717) is 24.3 Å². The number of carbonyl (C=O) groups is 1. The molecule has 4 nitrogen and oxygen atoms in total. The third kappa shape index (κ3) is 2.37. The number of aromatic nitrogens is 1. The Balaban J connectivity index is 1.70. The van der Waals surface area contributed by atoms with Crippen LogP contribution in [0.25, 0.3) is 0 Å². The molecular formula is C15H21N3O. The van der Waals surface area contributed by atoms with Crippen molar-refractivity contribution in [3.8, 4) is 0 Å². The second-order valence-electron chi connectivity index (χ2n) is 5.60. The number of amides is 1. The van der Waals surface area contributed by atoms with E-state index in [2.05, 4.69) is 22.1 Å². The summed E-state index contributed by atoms with van der Waals surface area (Å²) in [6.07, 6.45) is 3.24. The molecule has 1 amide bonds. The quantitative estimate of drug-likeness (QED) is 0.883. The van der Waals surface area contributed by atoms with E-state index in [1.807, 2.05) is 18.2 Å². The highest BCUT2D eigenvalue weighted by molar-refractivity contribution is 5.79. The van der Waals surface area contributed by atoms with Crippen molar-refractivity contribution < 1.29 is 4.79 Å². The van der Waals surface area contributed by atoms with Gasteiger partial charge in [0, 0.05) is 37.6 Å². The number of nitrogens with zero attached hydrogens (tertiary/aromatic N) is 2. The minimum atomic E-state index is 0.236. The monoisotopic (exact) mass is 259 g/mol. The van der Waals surface area contributed by atoms with Gasteiger partial charge in [-0.1, -0.05) is 13.0 Å². The molecule has 19 heavy (non-hydrogen) atoms. The second-order valence-corrected chi connectivity index (χ2v) is 5.60. The largest absolute Gasteiger partial charge is 0.339 e. The van der Waals surface area contributed by atoms with Gasteiger partial charge in [0.1, 0.15) is 0 Å². The first-order valence-corrected chi connectivity index (χ1v) is 7.19. The van der Waals surface area contributed by atoms with E-state index in [1.165, 1.54) is 0 Å². The molecule has 2 aliphatic heterocycles. The first-order valence-electron chi connectivity index (χ1n) is 7.19. The van der Waals surface area contributed by atoms with E-state index >= 15 is 0 Å². The molecule has 2 saturated heterocycles. The van der Waals surface area contributed by atoms with Crippen LogP contribution in [-0.4, -0.2) is 41.5 Å². The molecule has 3 atom stereocenters. The fraction of sp³-hybridized carbons (Fsp3) is 0.600. The van der Waals surface area contributed by atoms with Crippen molar-refractivity contribution in [1.82, 2.24) is 15.2 Å². The average molecular weight is 259 g/mol. The van der Waals surface area contributed by atoms with E-state index in [0.717, 1.165) is 31.7 Å². The Morgan fingerprint density at radius 3 is 3.11 bits per heavy atom. The van der Waals surface area contributed by atoms with Crippen molar-refractivity contribution in [1.29, 1.82) is 0 Å². The van der Waals surface area contributed by atoms with Crippen molar-refractivity contribution in [3.05, 3.63) is 30.1 Å². The lowest BCUT2D eigenvalue weighted by atomic mass is 9.93. The van der Waals surface area contributed by atoms with Gasteiger partial charge in [-0.3, -0.25) is 9.78 Å². The highest BCUT2D eigenvalue weighted by atomic mass is 16.2. The van der Waals surface area contributed by atoms with Crippen LogP contribution in [0.1, 0.15) is 19.0 Å². The lowest BCUT2D eigenvalue weighted by Gasteiger charge is -2.27. The van der Waals surface area contributed by atoms with Gasteiger partial charge in [-0.05, 0) is 30.4 Å². The van der Waals surface area contributed by atoms with Crippen LogP contribution in [0.5, 0.6) is 0 Å². The molecule has 0 spiro atoms. The van der Waals surface area contributed by atoms with Gasteiger partial charge in [0.05, 0.1) is 6.42 Å². The fourth-order valence-corrected chi connectivity index (χ4v) is 3.59. The van der Waals surface area contributed by atoms with Gasteiger partial charge in [-0.2, -0.15) is 0 Å². The molecule has 1 N–H and O–H groups in total. The number of pyridine rings is 1. The topological polar surface area (TPSA) is 45.2 Å². The van der Waals surface area contributed by atoms with Crippen LogP contribution < -0.4 is 5.32 Å². The molecule has 4 heteroatoms. The normalized spacial score (nSPS) is 29.5. The number of likely N-dealkylation sites (tertiary alicyclic amines) is 1. The van der Waals surface area contributed by atoms with Crippen molar-refractivity contribution in [2.45, 2.75) is 25.8 Å². The summed E-state index contributed by atoms with van der Waals surface area (Å²) in [7, 11) is 0. The summed E-state index contributed by atoms with van der Waals surface area (Å²) >= 11 is 0. The maximum absolute atomic E-state index is 12.5. The molecule has 3 heterocycles. The third-order valence-corrected chi connectivity index (χ3v) is 4.51. The zero-order valence-electron chi connectivity index (χ0n) is 11.4. The molecule has 0 bridgehead atoms. The predicted octanol–water partition coefficient (Wildman–Crippen LogP) is 1.08. The zero-order valence-corrected chi connectivity index (χ0v) is 11.4. The van der Waals surface area contributed by atoms with Gasteiger partial charge in [0.2, 0.25) is 5.91 Å². The Morgan fingerprint density at radius 2 is 2.37 bits per heavy atom. The van der Waals surface area contributed by atoms with Gasteiger partial charge in [0.25, 0.3) is 0 Å². The zero-order chi connectivity index (χ0) is 13.2. The van der Waals surface area contributed by atoms with Gasteiger partial charge in [0.15, 0.2) is 0 Å². The number of carbonyl (C=O) groups excluding carboxylic acids is 1. The lowest BCUT2D eigenvalue weighted by molar-refractivity contribution is -0.131. The molecule has 0 saturated carbocycles. The summed E-state index contributed by atoms with van der Waals surface area (Å²) in [6.45, 7) is 5.24. The number of hydrogen-bond acceptors (Lipinski definition) is 3. The van der Waals surface area contributed by atoms with E-state index in [4.69, 9.17) is 0 Å². The SMILES string of the molecule is CCC1C2CNCC2CN1C(=O)Cc1ccccn1. The molecule has 102 valence electrons. The minimum absolute atomic E-state index is 0.236. The van der Waals surface area contributed by atoms with Crippen LogP contribution in [0, 0.1) is 11.8 Å². The molecule has 0 aliphatic carbocycles.